The molecule has 0 aliphatic rings. The van der Waals surface area contributed by atoms with E-state index in [4.69, 9.17) is 9.47 Å². The van der Waals surface area contributed by atoms with Crippen LogP contribution in [0, 0.1) is 6.92 Å². The molecule has 0 radical (unpaired) electrons. The van der Waals surface area contributed by atoms with Gasteiger partial charge in [0.2, 0.25) is 0 Å². The average molecular weight is 673 g/mol. The molecule has 0 spiro atoms. The van der Waals surface area contributed by atoms with E-state index >= 15 is 0 Å². The van der Waals surface area contributed by atoms with Gasteiger partial charge in [-0.1, -0.05) is 54.1 Å². The molecule has 1 amide bonds. The van der Waals surface area contributed by atoms with Crippen molar-refractivity contribution >= 4 is 54.5 Å². The number of carbonyl (C=O) groups excluding carboxylic acids is 1. The fourth-order valence-corrected chi connectivity index (χ4v) is 6.59. The van der Waals surface area contributed by atoms with Crippen molar-refractivity contribution in [1.29, 1.82) is 0 Å². The van der Waals surface area contributed by atoms with Crippen LogP contribution in [-0.4, -0.2) is 34.2 Å². The van der Waals surface area contributed by atoms with Crippen LogP contribution in [0.5, 0.6) is 11.5 Å². The molecule has 0 saturated heterocycles. The third kappa shape index (κ3) is 7.45. The van der Waals surface area contributed by atoms with E-state index in [2.05, 4.69) is 50.7 Å². The van der Waals surface area contributed by atoms with Crippen molar-refractivity contribution in [3.8, 4) is 11.5 Å². The van der Waals surface area contributed by atoms with Gasteiger partial charge in [0, 0.05) is 0 Å². The zero-order chi connectivity index (χ0) is 31.1. The maximum atomic E-state index is 13.7. The Morgan fingerprint density at radius 1 is 0.909 bits per heavy atom. The summed E-state index contributed by atoms with van der Waals surface area (Å²) in [6, 6.07) is 33.0. The summed E-state index contributed by atoms with van der Waals surface area (Å²) in [5.41, 5.74) is 5.54. The van der Waals surface area contributed by atoms with E-state index in [9.17, 15) is 13.2 Å². The van der Waals surface area contributed by atoms with E-state index in [1.54, 1.807) is 30.3 Å². The number of halogens is 1. The highest BCUT2D eigenvalue weighted by Gasteiger charge is 2.28. The first-order chi connectivity index (χ1) is 21.2. The highest BCUT2D eigenvalue weighted by molar-refractivity contribution is 9.10. The Morgan fingerprint density at radius 2 is 1.64 bits per heavy atom. The van der Waals surface area contributed by atoms with Crippen molar-refractivity contribution in [3.05, 3.63) is 130 Å². The third-order valence-corrected chi connectivity index (χ3v) is 9.21. The number of nitrogens with one attached hydrogen (secondary N) is 1. The fraction of sp³-hybridized carbons (Fsp3) is 0.118. The summed E-state index contributed by atoms with van der Waals surface area (Å²) in [4.78, 5) is 12.9. The van der Waals surface area contributed by atoms with Gasteiger partial charge in [-0.2, -0.15) is 5.10 Å². The number of benzene rings is 5. The molecular formula is C34H30BrN3O5S. The lowest BCUT2D eigenvalue weighted by Crippen LogP contribution is -2.39. The van der Waals surface area contributed by atoms with Gasteiger partial charge in [-0.15, -0.1) is 0 Å². The number of nitrogens with zero attached hydrogens (tertiary/aromatic N) is 2. The van der Waals surface area contributed by atoms with Crippen molar-refractivity contribution in [2.75, 3.05) is 18.0 Å². The molecule has 0 aromatic heterocycles. The normalized spacial score (nSPS) is 11.4. The van der Waals surface area contributed by atoms with Crippen molar-refractivity contribution in [1.82, 2.24) is 5.43 Å². The van der Waals surface area contributed by atoms with Gasteiger partial charge in [-0.25, -0.2) is 13.8 Å². The Balaban J connectivity index is 1.22. The molecule has 0 fully saturated rings. The predicted octanol–water partition coefficient (Wildman–Crippen LogP) is 6.84. The van der Waals surface area contributed by atoms with Crippen LogP contribution in [-0.2, 0) is 21.4 Å². The Hall–Kier alpha value is -4.67. The van der Waals surface area contributed by atoms with Crippen LogP contribution in [0.4, 0.5) is 5.69 Å². The number of anilines is 1. The summed E-state index contributed by atoms with van der Waals surface area (Å²) in [5, 5.41) is 6.38. The second kappa shape index (κ2) is 13.7. The van der Waals surface area contributed by atoms with E-state index in [1.807, 2.05) is 49.4 Å². The third-order valence-electron chi connectivity index (χ3n) is 6.82. The van der Waals surface area contributed by atoms with Gasteiger partial charge in [-0.3, -0.25) is 9.10 Å². The van der Waals surface area contributed by atoms with Gasteiger partial charge in [0.1, 0.15) is 24.7 Å². The molecule has 0 heterocycles. The summed E-state index contributed by atoms with van der Waals surface area (Å²) in [7, 11) is -2.61. The lowest BCUT2D eigenvalue weighted by atomic mass is 10.1. The number of sulfonamides is 1. The Kier molecular flexibility index (Phi) is 9.62. The molecule has 224 valence electrons. The number of methoxy groups -OCH3 is 1. The van der Waals surface area contributed by atoms with Crippen LogP contribution >= 0.6 is 15.9 Å². The minimum atomic E-state index is -4.11. The molecule has 5 aromatic rings. The second-order valence-corrected chi connectivity index (χ2v) is 12.7. The number of fused-ring (bicyclic) bond motifs is 1. The molecule has 44 heavy (non-hydrogen) atoms. The number of hydrogen-bond acceptors (Lipinski definition) is 6. The number of amides is 1. The smallest absolute Gasteiger partial charge is 0.264 e. The summed E-state index contributed by atoms with van der Waals surface area (Å²) < 4.78 is 40.0. The van der Waals surface area contributed by atoms with Crippen molar-refractivity contribution in [2.24, 2.45) is 5.10 Å². The minimum Gasteiger partial charge on any atom is -0.496 e. The monoisotopic (exact) mass is 671 g/mol. The first-order valence-electron chi connectivity index (χ1n) is 13.7. The standard InChI is InChI=1S/C34H30BrN3O5S/c1-24-7-13-29(14-8-24)38(44(40,41)31-17-18-33(42-2)32(35)20-31)22-34(39)37-36-21-25-10-15-30(16-11-25)43-23-26-9-12-27-5-3-4-6-28(27)19-26/h3-21H,22-23H2,1-2H3,(H,37,39)/b36-21-. The maximum absolute atomic E-state index is 13.7. The predicted molar refractivity (Wildman–Crippen MR) is 177 cm³/mol. The number of rotatable bonds is 11. The van der Waals surface area contributed by atoms with Crippen LogP contribution in [0.3, 0.4) is 0 Å². The first-order valence-corrected chi connectivity index (χ1v) is 15.9. The molecular weight excluding hydrogens is 642 g/mol. The van der Waals surface area contributed by atoms with Crippen LogP contribution in [0.25, 0.3) is 10.8 Å². The Morgan fingerprint density at radius 3 is 2.34 bits per heavy atom. The molecule has 0 saturated carbocycles. The van der Waals surface area contributed by atoms with Gasteiger partial charge < -0.3 is 9.47 Å². The number of hydrogen-bond donors (Lipinski definition) is 1. The van der Waals surface area contributed by atoms with Crippen molar-refractivity contribution in [3.63, 3.8) is 0 Å². The van der Waals surface area contributed by atoms with Crippen molar-refractivity contribution in [2.45, 2.75) is 18.4 Å². The largest absolute Gasteiger partial charge is 0.496 e. The SMILES string of the molecule is COc1ccc(S(=O)(=O)N(CC(=O)N/N=C\c2ccc(OCc3ccc4ccccc4c3)cc2)c2ccc(C)cc2)cc1Br. The molecule has 0 bridgehead atoms. The quantitative estimate of drug-likeness (QED) is 0.122. The summed E-state index contributed by atoms with van der Waals surface area (Å²) in [6.45, 7) is 1.85. The second-order valence-electron chi connectivity index (χ2n) is 9.98. The molecule has 8 nitrogen and oxygen atoms in total. The van der Waals surface area contributed by atoms with E-state index in [0.717, 1.165) is 26.4 Å². The van der Waals surface area contributed by atoms with E-state index in [0.29, 0.717) is 28.3 Å². The van der Waals surface area contributed by atoms with Gasteiger partial charge in [-0.05, 0) is 105 Å². The molecule has 5 aromatic carbocycles. The molecule has 0 aliphatic heterocycles. The zero-order valence-electron chi connectivity index (χ0n) is 24.1. The molecule has 0 unspecified atom stereocenters. The number of ether oxygens (including phenoxy) is 2. The van der Waals surface area contributed by atoms with Crippen LogP contribution in [0.1, 0.15) is 16.7 Å². The van der Waals surface area contributed by atoms with Crippen LogP contribution in [0.15, 0.2) is 124 Å². The van der Waals surface area contributed by atoms with Crippen molar-refractivity contribution < 1.29 is 22.7 Å². The molecule has 0 aliphatic carbocycles. The molecule has 10 heteroatoms. The lowest BCUT2D eigenvalue weighted by Gasteiger charge is -2.24. The molecule has 1 N–H and O–H groups in total. The average Bonchev–Trinajstić information content (AvgIpc) is 3.03. The van der Waals surface area contributed by atoms with Gasteiger partial charge >= 0.3 is 0 Å². The summed E-state index contributed by atoms with van der Waals surface area (Å²) in [6.07, 6.45) is 1.48. The van der Waals surface area contributed by atoms with Gasteiger partial charge in [0.25, 0.3) is 15.9 Å². The number of carbonyl (C=O) groups is 1. The van der Waals surface area contributed by atoms with E-state index in [1.165, 1.54) is 30.8 Å². The first kappa shape index (κ1) is 30.8. The fourth-order valence-electron chi connectivity index (χ4n) is 4.45. The lowest BCUT2D eigenvalue weighted by molar-refractivity contribution is -0.119. The van der Waals surface area contributed by atoms with Gasteiger partial charge in [0.05, 0.1) is 28.4 Å². The Labute approximate surface area is 265 Å². The zero-order valence-corrected chi connectivity index (χ0v) is 26.5. The highest BCUT2D eigenvalue weighted by Crippen LogP contribution is 2.31. The molecule has 5 rings (SSSR count). The summed E-state index contributed by atoms with van der Waals surface area (Å²) in [5.74, 6) is 0.583. The maximum Gasteiger partial charge on any atom is 0.264 e. The van der Waals surface area contributed by atoms with Gasteiger partial charge in [0.15, 0.2) is 0 Å². The van der Waals surface area contributed by atoms with Crippen LogP contribution < -0.4 is 19.2 Å². The molecule has 0 atom stereocenters. The number of hydrazone groups is 1. The Bertz CT molecular complexity index is 1910. The summed E-state index contributed by atoms with van der Waals surface area (Å²) >= 11 is 3.34. The highest BCUT2D eigenvalue weighted by atomic mass is 79.9. The van der Waals surface area contributed by atoms with E-state index < -0.39 is 22.5 Å². The minimum absolute atomic E-state index is 0.00461. The topological polar surface area (TPSA) is 97.3 Å². The van der Waals surface area contributed by atoms with E-state index in [-0.39, 0.29) is 4.90 Å². The number of aryl methyl sites for hydroxylation is 1. The van der Waals surface area contributed by atoms with Crippen LogP contribution in [0.2, 0.25) is 0 Å².